The van der Waals surface area contributed by atoms with Gasteiger partial charge in [0.1, 0.15) is 0 Å². The van der Waals surface area contributed by atoms with Gasteiger partial charge < -0.3 is 4.90 Å². The summed E-state index contributed by atoms with van der Waals surface area (Å²) in [7, 11) is 0. The molecule has 0 aliphatic carbocycles. The summed E-state index contributed by atoms with van der Waals surface area (Å²) in [4.78, 5) is 17.2. The lowest BCUT2D eigenvalue weighted by atomic mass is 10.0. The Labute approximate surface area is 163 Å². The van der Waals surface area contributed by atoms with Gasteiger partial charge in [-0.1, -0.05) is 48.5 Å². The molecule has 1 fully saturated rings. The summed E-state index contributed by atoms with van der Waals surface area (Å²) in [5.74, 6) is 0.0969. The maximum atomic E-state index is 12.8. The van der Waals surface area contributed by atoms with E-state index in [0.29, 0.717) is 12.6 Å². The van der Waals surface area contributed by atoms with Crippen molar-refractivity contribution in [1.82, 2.24) is 15.1 Å². The van der Waals surface area contributed by atoms with Gasteiger partial charge in [0.25, 0.3) is 5.91 Å². The molecule has 27 heavy (non-hydrogen) atoms. The summed E-state index contributed by atoms with van der Waals surface area (Å²) in [5.41, 5.74) is 2.13. The molecule has 1 unspecified atom stereocenters. The molecule has 2 aromatic rings. The Bertz CT molecular complexity index is 696. The minimum atomic E-state index is 0.0355. The lowest BCUT2D eigenvalue weighted by Gasteiger charge is -2.37. The fourth-order valence-electron chi connectivity index (χ4n) is 3.87. The standard InChI is InChI=1S/C23H31N3O/c1-3-26(23(27)21-12-8-5-9-13-21)19(2)24-22-14-16-25(17-15-22)18-20-10-6-4-7-11-20/h4-13,19,22,24H,3,14-18H2,1-2H3. The molecule has 0 aromatic heterocycles. The maximum Gasteiger partial charge on any atom is 0.255 e. The van der Waals surface area contributed by atoms with Crippen LogP contribution in [0, 0.1) is 0 Å². The van der Waals surface area contributed by atoms with Crippen LogP contribution < -0.4 is 5.32 Å². The van der Waals surface area contributed by atoms with Crippen LogP contribution in [0.2, 0.25) is 0 Å². The smallest absolute Gasteiger partial charge is 0.255 e. The third-order valence-corrected chi connectivity index (χ3v) is 5.40. The summed E-state index contributed by atoms with van der Waals surface area (Å²) in [6.07, 6.45) is 2.27. The summed E-state index contributed by atoms with van der Waals surface area (Å²) >= 11 is 0. The highest BCUT2D eigenvalue weighted by Gasteiger charge is 2.25. The molecule has 1 aliphatic rings. The Morgan fingerprint density at radius 1 is 1.07 bits per heavy atom. The van der Waals surface area contributed by atoms with E-state index >= 15 is 0 Å². The largest absolute Gasteiger partial charge is 0.324 e. The lowest BCUT2D eigenvalue weighted by molar-refractivity contribution is 0.0638. The molecular formula is C23H31N3O. The highest BCUT2D eigenvalue weighted by atomic mass is 16.2. The third kappa shape index (κ3) is 5.41. The topological polar surface area (TPSA) is 35.6 Å². The second-order valence-corrected chi connectivity index (χ2v) is 7.34. The van der Waals surface area contributed by atoms with Crippen molar-refractivity contribution in [2.45, 2.75) is 45.4 Å². The number of hydrogen-bond donors (Lipinski definition) is 1. The van der Waals surface area contributed by atoms with Gasteiger partial charge in [-0.2, -0.15) is 0 Å². The minimum Gasteiger partial charge on any atom is -0.324 e. The van der Waals surface area contributed by atoms with Crippen molar-refractivity contribution < 1.29 is 4.79 Å². The molecule has 0 bridgehead atoms. The van der Waals surface area contributed by atoms with Crippen molar-refractivity contribution in [2.24, 2.45) is 0 Å². The van der Waals surface area contributed by atoms with Crippen LogP contribution in [-0.2, 0) is 6.54 Å². The number of hydrogen-bond acceptors (Lipinski definition) is 3. The van der Waals surface area contributed by atoms with Gasteiger partial charge in [-0.3, -0.25) is 15.0 Å². The van der Waals surface area contributed by atoms with E-state index in [-0.39, 0.29) is 12.1 Å². The molecule has 1 aliphatic heterocycles. The van der Waals surface area contributed by atoms with Gasteiger partial charge in [-0.25, -0.2) is 0 Å². The van der Waals surface area contributed by atoms with Crippen LogP contribution in [0.5, 0.6) is 0 Å². The first-order valence-electron chi connectivity index (χ1n) is 10.1. The predicted molar refractivity (Wildman–Crippen MR) is 110 cm³/mol. The summed E-state index contributed by atoms with van der Waals surface area (Å²) in [6.45, 7) is 8.06. The Morgan fingerprint density at radius 2 is 1.67 bits per heavy atom. The molecule has 4 heteroatoms. The molecule has 144 valence electrons. The highest BCUT2D eigenvalue weighted by Crippen LogP contribution is 2.15. The molecule has 2 aromatic carbocycles. The van der Waals surface area contributed by atoms with E-state index in [1.165, 1.54) is 5.56 Å². The zero-order valence-electron chi connectivity index (χ0n) is 16.5. The van der Waals surface area contributed by atoms with Gasteiger partial charge in [0, 0.05) is 24.7 Å². The van der Waals surface area contributed by atoms with Crippen molar-refractivity contribution in [3.8, 4) is 0 Å². The third-order valence-electron chi connectivity index (χ3n) is 5.40. The molecule has 0 saturated carbocycles. The normalized spacial score (nSPS) is 16.8. The average molecular weight is 366 g/mol. The molecule has 1 amide bonds. The average Bonchev–Trinajstić information content (AvgIpc) is 2.71. The molecule has 1 atom stereocenters. The quantitative estimate of drug-likeness (QED) is 0.759. The van der Waals surface area contributed by atoms with E-state index in [4.69, 9.17) is 0 Å². The number of amides is 1. The van der Waals surface area contributed by atoms with Gasteiger partial charge in [-0.15, -0.1) is 0 Å². The first kappa shape index (κ1) is 19.6. The van der Waals surface area contributed by atoms with E-state index in [1.807, 2.05) is 42.2 Å². The first-order chi connectivity index (χ1) is 13.2. The highest BCUT2D eigenvalue weighted by molar-refractivity contribution is 5.94. The van der Waals surface area contributed by atoms with Crippen LogP contribution in [0.3, 0.4) is 0 Å². The van der Waals surface area contributed by atoms with Gasteiger partial charge >= 0.3 is 0 Å². The predicted octanol–water partition coefficient (Wildman–Crippen LogP) is 3.75. The zero-order chi connectivity index (χ0) is 19.1. The first-order valence-corrected chi connectivity index (χ1v) is 10.1. The molecule has 1 heterocycles. The molecule has 0 spiro atoms. The van der Waals surface area contributed by atoms with Gasteiger partial charge in [0.2, 0.25) is 0 Å². The number of nitrogens with one attached hydrogen (secondary N) is 1. The van der Waals surface area contributed by atoms with Crippen LogP contribution >= 0.6 is 0 Å². The zero-order valence-corrected chi connectivity index (χ0v) is 16.5. The second-order valence-electron chi connectivity index (χ2n) is 7.34. The van der Waals surface area contributed by atoms with E-state index < -0.39 is 0 Å². The number of nitrogens with zero attached hydrogens (tertiary/aromatic N) is 2. The van der Waals surface area contributed by atoms with Crippen LogP contribution in [-0.4, -0.2) is 47.5 Å². The van der Waals surface area contributed by atoms with Crippen molar-refractivity contribution in [1.29, 1.82) is 0 Å². The molecule has 1 N–H and O–H groups in total. The number of piperidine rings is 1. The fourth-order valence-corrected chi connectivity index (χ4v) is 3.87. The SMILES string of the molecule is CCN(C(=O)c1ccccc1)C(C)NC1CCN(Cc2ccccc2)CC1. The van der Waals surface area contributed by atoms with Crippen molar-refractivity contribution >= 4 is 5.91 Å². The second kappa shape index (κ2) is 9.67. The van der Waals surface area contributed by atoms with E-state index in [0.717, 1.165) is 38.0 Å². The lowest BCUT2D eigenvalue weighted by Crippen LogP contribution is -2.53. The minimum absolute atomic E-state index is 0.0355. The number of rotatable bonds is 7. The van der Waals surface area contributed by atoms with E-state index in [1.54, 1.807) is 0 Å². The molecule has 4 nitrogen and oxygen atoms in total. The van der Waals surface area contributed by atoms with Crippen LogP contribution in [0.1, 0.15) is 42.6 Å². The van der Waals surface area contributed by atoms with Crippen LogP contribution in [0.4, 0.5) is 0 Å². The summed E-state index contributed by atoms with van der Waals surface area (Å²) in [6, 6.07) is 20.7. The van der Waals surface area contributed by atoms with E-state index in [9.17, 15) is 4.79 Å². The summed E-state index contributed by atoms with van der Waals surface area (Å²) < 4.78 is 0. The van der Waals surface area contributed by atoms with E-state index in [2.05, 4.69) is 47.5 Å². The maximum absolute atomic E-state index is 12.8. The Kier molecular flexibility index (Phi) is 7.02. The molecule has 3 rings (SSSR count). The monoisotopic (exact) mass is 365 g/mol. The number of carbonyl (C=O) groups is 1. The Morgan fingerprint density at radius 3 is 2.26 bits per heavy atom. The molecule has 1 saturated heterocycles. The number of carbonyl (C=O) groups excluding carboxylic acids is 1. The van der Waals surface area contributed by atoms with Gasteiger partial charge in [0.05, 0.1) is 6.17 Å². The van der Waals surface area contributed by atoms with Gasteiger partial charge in [-0.05, 0) is 57.5 Å². The van der Waals surface area contributed by atoms with Crippen molar-refractivity contribution in [2.75, 3.05) is 19.6 Å². The Balaban J connectivity index is 1.49. The van der Waals surface area contributed by atoms with Crippen LogP contribution in [0.25, 0.3) is 0 Å². The Hall–Kier alpha value is -2.17. The number of likely N-dealkylation sites (tertiary alicyclic amines) is 1. The molecule has 0 radical (unpaired) electrons. The fraction of sp³-hybridized carbons (Fsp3) is 0.435. The summed E-state index contributed by atoms with van der Waals surface area (Å²) in [5, 5.41) is 3.68. The van der Waals surface area contributed by atoms with Gasteiger partial charge in [0.15, 0.2) is 0 Å². The molecular weight excluding hydrogens is 334 g/mol. The van der Waals surface area contributed by atoms with Crippen molar-refractivity contribution in [3.63, 3.8) is 0 Å². The van der Waals surface area contributed by atoms with Crippen molar-refractivity contribution in [3.05, 3.63) is 71.8 Å². The van der Waals surface area contributed by atoms with Crippen LogP contribution in [0.15, 0.2) is 60.7 Å². The number of benzene rings is 2.